The molecule has 1 aromatic carbocycles. The summed E-state index contributed by atoms with van der Waals surface area (Å²) in [6.07, 6.45) is 4.90. The Morgan fingerprint density at radius 2 is 1.71 bits per heavy atom. The average Bonchev–Trinajstić information content (AvgIpc) is 2.98. The number of sulfonamides is 1. The molecule has 0 spiro atoms. The summed E-state index contributed by atoms with van der Waals surface area (Å²) in [5, 5.41) is 0. The molecule has 0 heterocycles. The van der Waals surface area contributed by atoms with E-state index in [9.17, 15) is 8.42 Å². The van der Waals surface area contributed by atoms with E-state index < -0.39 is 10.0 Å². The first-order chi connectivity index (χ1) is 9.96. The minimum Gasteiger partial charge on any atom is -0.367 e. The molecule has 1 aliphatic carbocycles. The zero-order chi connectivity index (χ0) is 15.5. The number of benzene rings is 1. The van der Waals surface area contributed by atoms with Crippen molar-refractivity contribution < 1.29 is 8.42 Å². The molecule has 0 aromatic heterocycles. The van der Waals surface area contributed by atoms with Crippen molar-refractivity contribution >= 4 is 27.3 Å². The predicted octanol–water partition coefficient (Wildman–Crippen LogP) is 2.92. The molecule has 1 fully saturated rings. The maximum absolute atomic E-state index is 12.1. The zero-order valence-electron chi connectivity index (χ0n) is 12.6. The van der Waals surface area contributed by atoms with Gasteiger partial charge in [-0.2, -0.15) is 0 Å². The third-order valence-corrected chi connectivity index (χ3v) is 6.04. The van der Waals surface area contributed by atoms with Gasteiger partial charge in [0.15, 0.2) is 0 Å². The molecule has 118 valence electrons. The summed E-state index contributed by atoms with van der Waals surface area (Å²) in [6.45, 7) is 0.798. The zero-order valence-corrected chi connectivity index (χ0v) is 14.2. The number of halogens is 1. The van der Waals surface area contributed by atoms with Crippen molar-refractivity contribution in [1.29, 1.82) is 0 Å². The number of hydrogen-bond donors (Lipinski definition) is 0. The van der Waals surface area contributed by atoms with E-state index in [-0.39, 0.29) is 0 Å². The number of rotatable bonds is 6. The minimum absolute atomic E-state index is 0.327. The number of anilines is 1. The lowest BCUT2D eigenvalue weighted by molar-refractivity contribution is 0.520. The number of nitrogens with zero attached hydrogens (tertiary/aromatic N) is 2. The first-order valence-corrected chi connectivity index (χ1v) is 9.29. The fraction of sp³-hybridized carbons (Fsp3) is 0.600. The molecular weight excluding hydrogens is 308 g/mol. The van der Waals surface area contributed by atoms with Gasteiger partial charge in [0, 0.05) is 38.2 Å². The van der Waals surface area contributed by atoms with E-state index in [0.717, 1.165) is 12.2 Å². The summed E-state index contributed by atoms with van der Waals surface area (Å²) in [5.41, 5.74) is 1.06. The lowest BCUT2D eigenvalue weighted by Gasteiger charge is -2.30. The molecule has 6 heteroatoms. The van der Waals surface area contributed by atoms with Gasteiger partial charge < -0.3 is 4.90 Å². The van der Waals surface area contributed by atoms with E-state index >= 15 is 0 Å². The third kappa shape index (κ3) is 3.71. The van der Waals surface area contributed by atoms with Crippen molar-refractivity contribution in [2.45, 2.75) is 36.6 Å². The van der Waals surface area contributed by atoms with Crippen LogP contribution in [0.25, 0.3) is 0 Å². The lowest BCUT2D eigenvalue weighted by atomic mass is 10.2. The Hall–Kier alpha value is -0.780. The van der Waals surface area contributed by atoms with Gasteiger partial charge in [0.05, 0.1) is 4.90 Å². The van der Waals surface area contributed by atoms with Crippen molar-refractivity contribution in [3.63, 3.8) is 0 Å². The van der Waals surface area contributed by atoms with Crippen LogP contribution < -0.4 is 4.90 Å². The van der Waals surface area contributed by atoms with Crippen LogP contribution in [0, 0.1) is 0 Å². The van der Waals surface area contributed by atoms with Gasteiger partial charge in [0.1, 0.15) is 0 Å². The van der Waals surface area contributed by atoms with E-state index in [1.165, 1.54) is 30.0 Å². The van der Waals surface area contributed by atoms with Crippen LogP contribution in [0.2, 0.25) is 0 Å². The van der Waals surface area contributed by atoms with Gasteiger partial charge in [0.2, 0.25) is 10.0 Å². The highest BCUT2D eigenvalue weighted by atomic mass is 35.5. The van der Waals surface area contributed by atoms with E-state index in [2.05, 4.69) is 4.90 Å². The van der Waals surface area contributed by atoms with Crippen molar-refractivity contribution in [1.82, 2.24) is 4.31 Å². The predicted molar refractivity (Wildman–Crippen MR) is 87.6 cm³/mol. The summed E-state index contributed by atoms with van der Waals surface area (Å²) in [4.78, 5) is 2.64. The first-order valence-electron chi connectivity index (χ1n) is 7.32. The molecule has 0 amide bonds. The maximum Gasteiger partial charge on any atom is 0.242 e. The standard InChI is InChI=1S/C15H23ClN2O2S/c1-17(2)21(19,20)15-9-7-14(8-10-15)18(12-11-16)13-5-3-4-6-13/h7-10,13H,3-6,11-12H2,1-2H3. The van der Waals surface area contributed by atoms with Gasteiger partial charge in [-0.05, 0) is 37.1 Å². The Bertz CT molecular complexity index is 552. The summed E-state index contributed by atoms with van der Waals surface area (Å²) in [7, 11) is -0.275. The van der Waals surface area contributed by atoms with Gasteiger partial charge in [-0.15, -0.1) is 11.6 Å². The maximum atomic E-state index is 12.1. The molecule has 0 radical (unpaired) electrons. The normalized spacial score (nSPS) is 16.6. The molecule has 0 bridgehead atoms. The van der Waals surface area contributed by atoms with E-state index in [4.69, 9.17) is 11.6 Å². The van der Waals surface area contributed by atoms with Crippen molar-refractivity contribution in [2.75, 3.05) is 31.4 Å². The molecule has 1 aromatic rings. The quantitative estimate of drug-likeness (QED) is 0.753. The molecule has 0 saturated heterocycles. The van der Waals surface area contributed by atoms with Crippen LogP contribution in [0.3, 0.4) is 0 Å². The number of alkyl halides is 1. The van der Waals surface area contributed by atoms with Crippen molar-refractivity contribution in [3.05, 3.63) is 24.3 Å². The molecule has 1 aliphatic rings. The second-order valence-corrected chi connectivity index (χ2v) is 8.13. The van der Waals surface area contributed by atoms with E-state index in [0.29, 0.717) is 16.8 Å². The van der Waals surface area contributed by atoms with E-state index in [1.807, 2.05) is 12.1 Å². The average molecular weight is 331 g/mol. The van der Waals surface area contributed by atoms with Gasteiger partial charge in [-0.3, -0.25) is 0 Å². The smallest absolute Gasteiger partial charge is 0.242 e. The van der Waals surface area contributed by atoms with Gasteiger partial charge in [-0.25, -0.2) is 12.7 Å². The second-order valence-electron chi connectivity index (χ2n) is 5.60. The Labute approximate surface area is 132 Å². The van der Waals surface area contributed by atoms with Crippen LogP contribution in [0.5, 0.6) is 0 Å². The van der Waals surface area contributed by atoms with Crippen LogP contribution in [-0.4, -0.2) is 45.3 Å². The monoisotopic (exact) mass is 330 g/mol. The van der Waals surface area contributed by atoms with Crippen LogP contribution >= 0.6 is 11.6 Å². The fourth-order valence-corrected chi connectivity index (χ4v) is 3.93. The van der Waals surface area contributed by atoms with Crippen LogP contribution in [-0.2, 0) is 10.0 Å². The topological polar surface area (TPSA) is 40.6 Å². The Morgan fingerprint density at radius 3 is 2.19 bits per heavy atom. The van der Waals surface area contributed by atoms with Gasteiger partial charge in [-0.1, -0.05) is 12.8 Å². The van der Waals surface area contributed by atoms with Crippen LogP contribution in [0.15, 0.2) is 29.2 Å². The van der Waals surface area contributed by atoms with Crippen LogP contribution in [0.1, 0.15) is 25.7 Å². The second kappa shape index (κ2) is 6.99. The molecule has 0 unspecified atom stereocenters. The van der Waals surface area contributed by atoms with Crippen LogP contribution in [0.4, 0.5) is 5.69 Å². The highest BCUT2D eigenvalue weighted by Gasteiger charge is 2.23. The number of hydrogen-bond acceptors (Lipinski definition) is 3. The van der Waals surface area contributed by atoms with Crippen molar-refractivity contribution in [3.8, 4) is 0 Å². The molecule has 0 aliphatic heterocycles. The summed E-state index contributed by atoms with van der Waals surface area (Å²) in [5.74, 6) is 0.578. The molecule has 2 rings (SSSR count). The summed E-state index contributed by atoms with van der Waals surface area (Å²) in [6, 6.07) is 7.67. The SMILES string of the molecule is CN(C)S(=O)(=O)c1ccc(N(CCCl)C2CCCC2)cc1. The Balaban J connectivity index is 2.23. The van der Waals surface area contributed by atoms with Crippen molar-refractivity contribution in [2.24, 2.45) is 0 Å². The Morgan fingerprint density at radius 1 is 1.14 bits per heavy atom. The van der Waals surface area contributed by atoms with Gasteiger partial charge >= 0.3 is 0 Å². The minimum atomic E-state index is -3.36. The Kier molecular flexibility index (Phi) is 5.52. The fourth-order valence-electron chi connectivity index (χ4n) is 2.85. The molecule has 0 N–H and O–H groups in total. The lowest BCUT2D eigenvalue weighted by Crippen LogP contribution is -2.34. The van der Waals surface area contributed by atoms with Gasteiger partial charge in [0.25, 0.3) is 0 Å². The third-order valence-electron chi connectivity index (χ3n) is 4.04. The molecule has 0 atom stereocenters. The molecule has 21 heavy (non-hydrogen) atoms. The van der Waals surface area contributed by atoms with E-state index in [1.54, 1.807) is 26.2 Å². The highest BCUT2D eigenvalue weighted by molar-refractivity contribution is 7.89. The molecule has 1 saturated carbocycles. The summed E-state index contributed by atoms with van der Waals surface area (Å²) < 4.78 is 25.4. The molecule has 4 nitrogen and oxygen atoms in total. The molecular formula is C15H23ClN2O2S. The highest BCUT2D eigenvalue weighted by Crippen LogP contribution is 2.29. The first kappa shape index (κ1) is 16.6. The summed E-state index contributed by atoms with van der Waals surface area (Å²) >= 11 is 5.93. The largest absolute Gasteiger partial charge is 0.367 e.